The highest BCUT2D eigenvalue weighted by Crippen LogP contribution is 2.18. The summed E-state index contributed by atoms with van der Waals surface area (Å²) in [5.41, 5.74) is 0. The van der Waals surface area contributed by atoms with Gasteiger partial charge < -0.3 is 14.2 Å². The van der Waals surface area contributed by atoms with Gasteiger partial charge in [-0.1, -0.05) is 333 Å². The van der Waals surface area contributed by atoms with Crippen molar-refractivity contribution in [3.8, 4) is 0 Å². The summed E-state index contributed by atoms with van der Waals surface area (Å²) in [5.74, 6) is -0.870. The molecule has 1 atom stereocenters. The zero-order valence-electron chi connectivity index (χ0n) is 53.2. The van der Waals surface area contributed by atoms with E-state index < -0.39 is 6.10 Å². The van der Waals surface area contributed by atoms with Crippen LogP contribution in [0, 0.1) is 0 Å². The average molecular weight is 1110 g/mol. The Hall–Kier alpha value is -2.63. The molecule has 0 saturated carbocycles. The molecule has 0 saturated heterocycles. The van der Waals surface area contributed by atoms with E-state index in [1.807, 2.05) is 0 Å². The third-order valence-corrected chi connectivity index (χ3v) is 15.8. The summed E-state index contributed by atoms with van der Waals surface area (Å²) in [5, 5.41) is 0. The quantitative estimate of drug-likeness (QED) is 0.0261. The summed E-state index contributed by atoms with van der Waals surface area (Å²) < 4.78 is 17.0. The third-order valence-electron chi connectivity index (χ3n) is 15.8. The maximum atomic E-state index is 12.9. The van der Waals surface area contributed by atoms with Crippen LogP contribution in [-0.4, -0.2) is 37.2 Å². The van der Waals surface area contributed by atoms with E-state index in [9.17, 15) is 14.4 Å². The SMILES string of the molecule is CC/C=C\C/C=C\C/C=C\CCCCCCCC(=O)OCC(COC(=O)CCCCCCCCCCCCCCCCCCCCCCCCCCCCC)OC(=O)CCCCCCCCCCC/C=C\CCCCCCCC. The standard InChI is InChI=1S/C73H134O6/c1-4-7-10-13-16-19-22-25-28-30-32-33-34-35-36-37-38-39-41-42-45-48-51-54-57-60-63-66-72(75)78-69-70(68-77-71(74)65-62-59-56-53-50-47-44-27-24-21-18-15-12-9-6-3)79-73(76)67-64-61-58-55-52-49-46-43-40-31-29-26-23-20-17-14-11-8-5-2/h9,12,18,21,26-27,29,44,70H,4-8,10-11,13-17,19-20,22-25,28,30-43,45-69H2,1-3H3/b12-9-,21-18-,29-26-,44-27-. The van der Waals surface area contributed by atoms with Gasteiger partial charge in [-0.25, -0.2) is 0 Å². The van der Waals surface area contributed by atoms with E-state index in [2.05, 4.69) is 69.4 Å². The molecule has 0 aliphatic rings. The monoisotopic (exact) mass is 1110 g/mol. The summed E-state index contributed by atoms with van der Waals surface area (Å²) in [4.78, 5) is 38.4. The van der Waals surface area contributed by atoms with Gasteiger partial charge in [-0.15, -0.1) is 0 Å². The second kappa shape index (κ2) is 67.9. The van der Waals surface area contributed by atoms with Gasteiger partial charge in [0, 0.05) is 19.3 Å². The van der Waals surface area contributed by atoms with Crippen LogP contribution in [0.4, 0.5) is 0 Å². The van der Waals surface area contributed by atoms with Gasteiger partial charge >= 0.3 is 17.9 Å². The number of carbonyl (C=O) groups is 3. The molecule has 1 unspecified atom stereocenters. The molecule has 0 fully saturated rings. The fraction of sp³-hybridized carbons (Fsp3) is 0.849. The molecule has 6 nitrogen and oxygen atoms in total. The number of allylic oxidation sites excluding steroid dienone is 8. The summed E-state index contributed by atoms with van der Waals surface area (Å²) >= 11 is 0. The second-order valence-corrected chi connectivity index (χ2v) is 23.8. The molecule has 0 aromatic heterocycles. The van der Waals surface area contributed by atoms with Gasteiger partial charge in [-0.3, -0.25) is 14.4 Å². The Morgan fingerprint density at radius 2 is 0.494 bits per heavy atom. The number of ether oxygens (including phenoxy) is 3. The van der Waals surface area contributed by atoms with E-state index in [1.54, 1.807) is 0 Å². The lowest BCUT2D eigenvalue weighted by molar-refractivity contribution is -0.167. The summed E-state index contributed by atoms with van der Waals surface area (Å²) in [6.45, 7) is 6.58. The molecule has 0 radical (unpaired) electrons. The van der Waals surface area contributed by atoms with Gasteiger partial charge in [0.05, 0.1) is 0 Å². The van der Waals surface area contributed by atoms with Crippen LogP contribution in [0.1, 0.15) is 380 Å². The predicted molar refractivity (Wildman–Crippen MR) is 344 cm³/mol. The Balaban J connectivity index is 4.24. The van der Waals surface area contributed by atoms with Crippen LogP contribution in [0.5, 0.6) is 0 Å². The van der Waals surface area contributed by atoms with E-state index in [0.717, 1.165) is 96.3 Å². The third kappa shape index (κ3) is 66.1. The van der Waals surface area contributed by atoms with Crippen LogP contribution in [0.2, 0.25) is 0 Å². The average Bonchev–Trinajstić information content (AvgIpc) is 3.45. The van der Waals surface area contributed by atoms with Crippen molar-refractivity contribution in [2.75, 3.05) is 13.2 Å². The summed E-state index contributed by atoms with van der Waals surface area (Å²) in [6.07, 6.45) is 85.7. The minimum absolute atomic E-state index is 0.0755. The van der Waals surface area contributed by atoms with Crippen LogP contribution in [0.15, 0.2) is 48.6 Å². The zero-order valence-corrected chi connectivity index (χ0v) is 53.2. The van der Waals surface area contributed by atoms with Crippen molar-refractivity contribution in [1.29, 1.82) is 0 Å². The first-order chi connectivity index (χ1) is 39.0. The van der Waals surface area contributed by atoms with Crippen LogP contribution < -0.4 is 0 Å². The minimum Gasteiger partial charge on any atom is -0.462 e. The van der Waals surface area contributed by atoms with Crippen molar-refractivity contribution in [2.24, 2.45) is 0 Å². The van der Waals surface area contributed by atoms with E-state index in [4.69, 9.17) is 14.2 Å². The van der Waals surface area contributed by atoms with Crippen LogP contribution >= 0.6 is 0 Å². The number of hydrogen-bond donors (Lipinski definition) is 0. The zero-order chi connectivity index (χ0) is 57.1. The maximum absolute atomic E-state index is 12.9. The number of hydrogen-bond acceptors (Lipinski definition) is 6. The fourth-order valence-electron chi connectivity index (χ4n) is 10.6. The Kier molecular flexibility index (Phi) is 65.6. The van der Waals surface area contributed by atoms with Gasteiger partial charge in [0.1, 0.15) is 13.2 Å². The van der Waals surface area contributed by atoms with Gasteiger partial charge in [-0.2, -0.15) is 0 Å². The fourth-order valence-corrected chi connectivity index (χ4v) is 10.6. The lowest BCUT2D eigenvalue weighted by Crippen LogP contribution is -2.30. The van der Waals surface area contributed by atoms with Crippen LogP contribution in [-0.2, 0) is 28.6 Å². The molecule has 0 aliphatic heterocycles. The smallest absolute Gasteiger partial charge is 0.306 e. The minimum atomic E-state index is -0.781. The van der Waals surface area contributed by atoms with Gasteiger partial charge in [0.25, 0.3) is 0 Å². The molecule has 0 aliphatic carbocycles. The number of esters is 3. The molecule has 462 valence electrons. The highest BCUT2D eigenvalue weighted by molar-refractivity contribution is 5.71. The molecule has 0 spiro atoms. The van der Waals surface area contributed by atoms with Gasteiger partial charge in [0.15, 0.2) is 6.10 Å². The lowest BCUT2D eigenvalue weighted by atomic mass is 10.0. The van der Waals surface area contributed by atoms with Crippen molar-refractivity contribution in [2.45, 2.75) is 386 Å². The Morgan fingerprint density at radius 3 is 0.785 bits per heavy atom. The lowest BCUT2D eigenvalue weighted by Gasteiger charge is -2.18. The van der Waals surface area contributed by atoms with E-state index in [1.165, 1.54) is 244 Å². The molecule has 0 bridgehead atoms. The number of rotatable bonds is 65. The van der Waals surface area contributed by atoms with Crippen molar-refractivity contribution in [1.82, 2.24) is 0 Å². The predicted octanol–water partition coefficient (Wildman–Crippen LogP) is 24.1. The van der Waals surface area contributed by atoms with Crippen molar-refractivity contribution in [3.63, 3.8) is 0 Å². The maximum Gasteiger partial charge on any atom is 0.306 e. The molecule has 6 heteroatoms. The second-order valence-electron chi connectivity index (χ2n) is 23.8. The molecule has 0 amide bonds. The van der Waals surface area contributed by atoms with E-state index >= 15 is 0 Å². The first-order valence-electron chi connectivity index (χ1n) is 35.1. The molecular formula is C73H134O6. The first-order valence-corrected chi connectivity index (χ1v) is 35.1. The molecule has 0 aromatic rings. The topological polar surface area (TPSA) is 78.9 Å². The van der Waals surface area contributed by atoms with Crippen molar-refractivity contribution >= 4 is 17.9 Å². The molecule has 79 heavy (non-hydrogen) atoms. The molecule has 0 N–H and O–H groups in total. The number of carbonyl (C=O) groups excluding carboxylic acids is 3. The van der Waals surface area contributed by atoms with Crippen LogP contribution in [0.3, 0.4) is 0 Å². The Morgan fingerprint density at radius 1 is 0.266 bits per heavy atom. The van der Waals surface area contributed by atoms with Crippen molar-refractivity contribution < 1.29 is 28.6 Å². The highest BCUT2D eigenvalue weighted by atomic mass is 16.6. The first kappa shape index (κ1) is 76.4. The number of unbranched alkanes of at least 4 members (excludes halogenated alkanes) is 46. The molecule has 0 rings (SSSR count). The summed E-state index contributed by atoms with van der Waals surface area (Å²) in [7, 11) is 0. The molecule has 0 heterocycles. The summed E-state index contributed by atoms with van der Waals surface area (Å²) in [6, 6.07) is 0. The Bertz CT molecular complexity index is 1360. The van der Waals surface area contributed by atoms with Crippen molar-refractivity contribution in [3.05, 3.63) is 48.6 Å². The highest BCUT2D eigenvalue weighted by Gasteiger charge is 2.19. The van der Waals surface area contributed by atoms with Gasteiger partial charge in [0.2, 0.25) is 0 Å². The van der Waals surface area contributed by atoms with Gasteiger partial charge in [-0.05, 0) is 77.0 Å². The van der Waals surface area contributed by atoms with E-state index in [0.29, 0.717) is 19.3 Å². The molecular weight excluding hydrogens is 973 g/mol. The van der Waals surface area contributed by atoms with E-state index in [-0.39, 0.29) is 31.1 Å². The van der Waals surface area contributed by atoms with Crippen LogP contribution in [0.25, 0.3) is 0 Å². The Labute approximate surface area is 492 Å². The largest absolute Gasteiger partial charge is 0.462 e. The molecule has 0 aromatic carbocycles. The normalized spacial score (nSPS) is 12.3.